The fourth-order valence-electron chi connectivity index (χ4n) is 3.52. The highest BCUT2D eigenvalue weighted by molar-refractivity contribution is 5.97. The van der Waals surface area contributed by atoms with Crippen LogP contribution < -0.4 is 14.8 Å². The molecule has 2 aromatic rings. The molecule has 1 aliphatic rings. The SMILES string of the molecule is COc1ccc(OC2CCN(C(C)=O)CC2)c(C(=O)NCc2nc(C)cc(C)n2)c1. The summed E-state index contributed by atoms with van der Waals surface area (Å²) >= 11 is 0. The summed E-state index contributed by atoms with van der Waals surface area (Å²) in [6.45, 7) is 6.89. The van der Waals surface area contributed by atoms with E-state index in [1.54, 1.807) is 32.2 Å². The number of hydrogen-bond acceptors (Lipinski definition) is 6. The molecule has 160 valence electrons. The molecule has 0 bridgehead atoms. The normalized spacial score (nSPS) is 14.3. The van der Waals surface area contributed by atoms with Crippen LogP contribution >= 0.6 is 0 Å². The summed E-state index contributed by atoms with van der Waals surface area (Å²) in [6.07, 6.45) is 1.40. The Morgan fingerprint density at radius 1 is 1.13 bits per heavy atom. The van der Waals surface area contributed by atoms with Gasteiger partial charge in [-0.2, -0.15) is 0 Å². The second-order valence-electron chi connectivity index (χ2n) is 7.43. The molecular formula is C22H28N4O4. The van der Waals surface area contributed by atoms with E-state index in [-0.39, 0.29) is 24.5 Å². The number of methoxy groups -OCH3 is 1. The second-order valence-corrected chi connectivity index (χ2v) is 7.43. The fourth-order valence-corrected chi connectivity index (χ4v) is 3.52. The zero-order valence-corrected chi connectivity index (χ0v) is 17.9. The summed E-state index contributed by atoms with van der Waals surface area (Å²) < 4.78 is 11.4. The summed E-state index contributed by atoms with van der Waals surface area (Å²) in [7, 11) is 1.55. The van der Waals surface area contributed by atoms with E-state index in [2.05, 4.69) is 15.3 Å². The van der Waals surface area contributed by atoms with Gasteiger partial charge in [0, 0.05) is 44.2 Å². The van der Waals surface area contributed by atoms with Gasteiger partial charge < -0.3 is 19.7 Å². The smallest absolute Gasteiger partial charge is 0.255 e. The van der Waals surface area contributed by atoms with E-state index >= 15 is 0 Å². The number of carbonyl (C=O) groups is 2. The summed E-state index contributed by atoms with van der Waals surface area (Å²) in [6, 6.07) is 7.07. The van der Waals surface area contributed by atoms with Crippen molar-refractivity contribution in [2.75, 3.05) is 20.2 Å². The molecule has 1 saturated heterocycles. The number of hydrogen-bond donors (Lipinski definition) is 1. The van der Waals surface area contributed by atoms with Gasteiger partial charge in [0.05, 0.1) is 19.2 Å². The molecule has 30 heavy (non-hydrogen) atoms. The largest absolute Gasteiger partial charge is 0.497 e. The van der Waals surface area contributed by atoms with E-state index in [0.717, 1.165) is 24.2 Å². The van der Waals surface area contributed by atoms with Crippen LogP contribution in [-0.4, -0.2) is 53.0 Å². The molecule has 8 nitrogen and oxygen atoms in total. The van der Waals surface area contributed by atoms with Gasteiger partial charge in [0.15, 0.2) is 0 Å². The van der Waals surface area contributed by atoms with Crippen molar-refractivity contribution in [2.24, 2.45) is 0 Å². The molecule has 0 saturated carbocycles. The molecule has 2 amide bonds. The van der Waals surface area contributed by atoms with E-state index in [1.807, 2.05) is 24.8 Å². The first-order valence-electron chi connectivity index (χ1n) is 10.0. The number of likely N-dealkylation sites (tertiary alicyclic amines) is 1. The minimum atomic E-state index is -0.284. The van der Waals surface area contributed by atoms with Crippen molar-refractivity contribution in [3.05, 3.63) is 47.0 Å². The first kappa shape index (κ1) is 21.5. The van der Waals surface area contributed by atoms with Crippen LogP contribution in [0.5, 0.6) is 11.5 Å². The Labute approximate surface area is 176 Å². The van der Waals surface area contributed by atoms with Crippen molar-refractivity contribution >= 4 is 11.8 Å². The van der Waals surface area contributed by atoms with Gasteiger partial charge in [-0.3, -0.25) is 9.59 Å². The number of nitrogens with one attached hydrogen (secondary N) is 1. The number of piperidine rings is 1. The Hall–Kier alpha value is -3.16. The molecule has 0 spiro atoms. The molecular weight excluding hydrogens is 384 g/mol. The third-order valence-electron chi connectivity index (χ3n) is 5.05. The minimum Gasteiger partial charge on any atom is -0.497 e. The fraction of sp³-hybridized carbons (Fsp3) is 0.455. The lowest BCUT2D eigenvalue weighted by atomic mass is 10.1. The van der Waals surface area contributed by atoms with E-state index in [1.165, 1.54) is 0 Å². The molecule has 0 radical (unpaired) electrons. The zero-order valence-electron chi connectivity index (χ0n) is 17.9. The van der Waals surface area contributed by atoms with E-state index in [4.69, 9.17) is 9.47 Å². The predicted molar refractivity (Wildman–Crippen MR) is 112 cm³/mol. The molecule has 2 heterocycles. The first-order chi connectivity index (χ1) is 14.4. The summed E-state index contributed by atoms with van der Waals surface area (Å²) in [5.74, 6) is 1.42. The summed E-state index contributed by atoms with van der Waals surface area (Å²) in [5.41, 5.74) is 2.11. The average molecular weight is 412 g/mol. The van der Waals surface area contributed by atoms with Crippen molar-refractivity contribution in [1.29, 1.82) is 0 Å². The van der Waals surface area contributed by atoms with Gasteiger partial charge in [0.1, 0.15) is 23.4 Å². The third-order valence-corrected chi connectivity index (χ3v) is 5.05. The number of ether oxygens (including phenoxy) is 2. The predicted octanol–water partition coefficient (Wildman–Crippen LogP) is 2.42. The van der Waals surface area contributed by atoms with Crippen LogP contribution in [0.25, 0.3) is 0 Å². The van der Waals surface area contributed by atoms with Gasteiger partial charge in [-0.05, 0) is 38.1 Å². The summed E-state index contributed by atoms with van der Waals surface area (Å²) in [5, 5.41) is 2.87. The molecule has 0 atom stereocenters. The molecule has 1 aromatic carbocycles. The monoisotopic (exact) mass is 412 g/mol. The highest BCUT2D eigenvalue weighted by Gasteiger charge is 2.24. The highest BCUT2D eigenvalue weighted by atomic mass is 16.5. The Morgan fingerprint density at radius 3 is 2.40 bits per heavy atom. The lowest BCUT2D eigenvalue weighted by molar-refractivity contribution is -0.130. The van der Waals surface area contributed by atoms with Gasteiger partial charge in [0.2, 0.25) is 5.91 Å². The zero-order chi connectivity index (χ0) is 21.7. The first-order valence-corrected chi connectivity index (χ1v) is 10.0. The Balaban J connectivity index is 1.71. The molecule has 3 rings (SSSR count). The minimum absolute atomic E-state index is 0.0525. The number of carbonyl (C=O) groups excluding carboxylic acids is 2. The lowest BCUT2D eigenvalue weighted by Crippen LogP contribution is -2.40. The number of aryl methyl sites for hydroxylation is 2. The highest BCUT2D eigenvalue weighted by Crippen LogP contribution is 2.27. The van der Waals surface area contributed by atoms with Crippen molar-refractivity contribution in [3.63, 3.8) is 0 Å². The molecule has 1 aromatic heterocycles. The maximum atomic E-state index is 12.9. The van der Waals surface area contributed by atoms with E-state index in [9.17, 15) is 9.59 Å². The Morgan fingerprint density at radius 2 is 1.80 bits per heavy atom. The lowest BCUT2D eigenvalue weighted by Gasteiger charge is -2.31. The number of benzene rings is 1. The molecule has 1 N–H and O–H groups in total. The van der Waals surface area contributed by atoms with Crippen molar-refractivity contribution in [1.82, 2.24) is 20.2 Å². The summed E-state index contributed by atoms with van der Waals surface area (Å²) in [4.78, 5) is 34.9. The van der Waals surface area contributed by atoms with E-state index < -0.39 is 0 Å². The maximum Gasteiger partial charge on any atom is 0.255 e. The molecule has 0 aliphatic carbocycles. The quantitative estimate of drug-likeness (QED) is 0.783. The number of rotatable bonds is 6. The Bertz CT molecular complexity index is 903. The van der Waals surface area contributed by atoms with Gasteiger partial charge in [-0.25, -0.2) is 9.97 Å². The van der Waals surface area contributed by atoms with Gasteiger partial charge in [-0.1, -0.05) is 0 Å². The number of amides is 2. The molecule has 0 unspecified atom stereocenters. The topological polar surface area (TPSA) is 93.7 Å². The molecule has 1 fully saturated rings. The van der Waals surface area contributed by atoms with Crippen LogP contribution in [0.3, 0.4) is 0 Å². The van der Waals surface area contributed by atoms with Crippen molar-refractivity contribution in [3.8, 4) is 11.5 Å². The number of aromatic nitrogens is 2. The van der Waals surface area contributed by atoms with Crippen molar-refractivity contribution in [2.45, 2.75) is 46.3 Å². The van der Waals surface area contributed by atoms with Crippen LogP contribution in [0, 0.1) is 13.8 Å². The van der Waals surface area contributed by atoms with Crippen LogP contribution in [0.4, 0.5) is 0 Å². The second kappa shape index (κ2) is 9.56. The molecule has 1 aliphatic heterocycles. The van der Waals surface area contributed by atoms with Gasteiger partial charge >= 0.3 is 0 Å². The van der Waals surface area contributed by atoms with Gasteiger partial charge in [0.25, 0.3) is 5.91 Å². The van der Waals surface area contributed by atoms with Gasteiger partial charge in [-0.15, -0.1) is 0 Å². The van der Waals surface area contributed by atoms with E-state index in [0.29, 0.717) is 36.0 Å². The van der Waals surface area contributed by atoms with Crippen LogP contribution in [0.1, 0.15) is 47.3 Å². The molecule has 8 heteroatoms. The van der Waals surface area contributed by atoms with Crippen molar-refractivity contribution < 1.29 is 19.1 Å². The van der Waals surface area contributed by atoms with Crippen LogP contribution in [0.2, 0.25) is 0 Å². The third kappa shape index (κ3) is 5.46. The van der Waals surface area contributed by atoms with Crippen LogP contribution in [0.15, 0.2) is 24.3 Å². The average Bonchev–Trinajstić information content (AvgIpc) is 2.72. The van der Waals surface area contributed by atoms with Crippen LogP contribution in [-0.2, 0) is 11.3 Å². The Kier molecular flexibility index (Phi) is 6.87. The maximum absolute atomic E-state index is 12.9. The standard InChI is InChI=1S/C22H28N4O4/c1-14-11-15(2)25-21(24-14)13-23-22(28)19-12-18(29-4)5-6-20(19)30-17-7-9-26(10-8-17)16(3)27/h5-6,11-12,17H,7-10,13H2,1-4H3,(H,23,28). The number of nitrogens with zero attached hydrogens (tertiary/aromatic N) is 3.